The Balaban J connectivity index is 2.29. The maximum absolute atomic E-state index is 5.87. The number of hydrogen-bond donors (Lipinski definition) is 1. The van der Waals surface area contributed by atoms with E-state index < -0.39 is 0 Å². The van der Waals surface area contributed by atoms with Gasteiger partial charge in [-0.25, -0.2) is 10.4 Å². The van der Waals surface area contributed by atoms with E-state index in [9.17, 15) is 0 Å². The van der Waals surface area contributed by atoms with Crippen molar-refractivity contribution in [1.29, 1.82) is 0 Å². The van der Waals surface area contributed by atoms with Gasteiger partial charge in [0.1, 0.15) is 5.66 Å². The lowest BCUT2D eigenvalue weighted by atomic mass is 10.3. The van der Waals surface area contributed by atoms with Gasteiger partial charge in [0.25, 0.3) is 0 Å². The van der Waals surface area contributed by atoms with Crippen molar-refractivity contribution in [2.75, 3.05) is 11.3 Å². The fourth-order valence-electron chi connectivity index (χ4n) is 1.54. The summed E-state index contributed by atoms with van der Waals surface area (Å²) in [5.74, 6) is 0. The number of hydrazine groups is 1. The van der Waals surface area contributed by atoms with E-state index >= 15 is 0 Å². The molecule has 1 aromatic carbocycles. The molecular formula is C11H14ClN3S. The Bertz CT molecular complexity index is 414. The van der Waals surface area contributed by atoms with E-state index in [1.54, 1.807) is 11.8 Å². The van der Waals surface area contributed by atoms with Crippen molar-refractivity contribution < 1.29 is 0 Å². The normalized spacial score (nSPS) is 18.8. The number of benzene rings is 1. The van der Waals surface area contributed by atoms with E-state index in [2.05, 4.69) is 10.4 Å². The van der Waals surface area contributed by atoms with Crippen molar-refractivity contribution >= 4 is 34.2 Å². The molecule has 0 radical (unpaired) electrons. The first-order chi connectivity index (χ1) is 7.52. The number of amidine groups is 1. The summed E-state index contributed by atoms with van der Waals surface area (Å²) in [4.78, 5) is 4.58. The molecule has 1 aromatic rings. The van der Waals surface area contributed by atoms with Gasteiger partial charge < -0.3 is 0 Å². The number of aliphatic imine (C=N–C) groups is 1. The van der Waals surface area contributed by atoms with Gasteiger partial charge in [0, 0.05) is 5.02 Å². The molecule has 0 unspecified atom stereocenters. The second-order valence-electron chi connectivity index (χ2n) is 4.08. The number of nitrogens with one attached hydrogen (secondary N) is 1. The van der Waals surface area contributed by atoms with Crippen LogP contribution in [0, 0.1) is 0 Å². The molecule has 0 spiro atoms. The van der Waals surface area contributed by atoms with Crippen LogP contribution in [0.2, 0.25) is 5.02 Å². The van der Waals surface area contributed by atoms with Crippen LogP contribution in [0.1, 0.15) is 13.8 Å². The molecule has 1 heterocycles. The monoisotopic (exact) mass is 255 g/mol. The molecular weight excluding hydrogens is 242 g/mol. The molecule has 5 heteroatoms. The van der Waals surface area contributed by atoms with Crippen LogP contribution in [0.4, 0.5) is 5.69 Å². The average Bonchev–Trinajstić information content (AvgIpc) is 2.55. The van der Waals surface area contributed by atoms with Crippen LogP contribution < -0.4 is 10.4 Å². The second kappa shape index (κ2) is 4.28. The van der Waals surface area contributed by atoms with Crippen LogP contribution in [-0.4, -0.2) is 17.1 Å². The molecule has 16 heavy (non-hydrogen) atoms. The minimum atomic E-state index is -0.252. The molecule has 1 aliphatic heterocycles. The molecule has 1 N–H and O–H groups in total. The summed E-state index contributed by atoms with van der Waals surface area (Å²) in [5.41, 5.74) is 4.13. The third kappa shape index (κ3) is 2.34. The van der Waals surface area contributed by atoms with E-state index in [1.807, 2.05) is 49.4 Å². The zero-order valence-corrected chi connectivity index (χ0v) is 11.1. The molecule has 0 amide bonds. The molecule has 3 nitrogen and oxygen atoms in total. The predicted molar refractivity (Wildman–Crippen MR) is 72.1 cm³/mol. The van der Waals surface area contributed by atoms with E-state index in [1.165, 1.54) is 0 Å². The SMILES string of the molecule is CSC1=NC(C)(C)NN1c1ccc(Cl)cc1. The number of halogens is 1. The summed E-state index contributed by atoms with van der Waals surface area (Å²) in [7, 11) is 0. The van der Waals surface area contributed by atoms with Gasteiger partial charge in [-0.3, -0.25) is 5.01 Å². The predicted octanol–water partition coefficient (Wildman–Crippen LogP) is 3.12. The average molecular weight is 256 g/mol. The van der Waals surface area contributed by atoms with Gasteiger partial charge in [0.2, 0.25) is 0 Å². The molecule has 0 saturated heterocycles. The van der Waals surface area contributed by atoms with E-state index in [-0.39, 0.29) is 5.66 Å². The summed E-state index contributed by atoms with van der Waals surface area (Å²) in [6, 6.07) is 7.70. The maximum atomic E-state index is 5.87. The number of rotatable bonds is 1. The van der Waals surface area contributed by atoms with Crippen LogP contribution in [0.3, 0.4) is 0 Å². The zero-order chi connectivity index (χ0) is 11.8. The van der Waals surface area contributed by atoms with Crippen molar-refractivity contribution in [3.63, 3.8) is 0 Å². The zero-order valence-electron chi connectivity index (χ0n) is 9.49. The summed E-state index contributed by atoms with van der Waals surface area (Å²) >= 11 is 7.49. The molecule has 0 bridgehead atoms. The van der Waals surface area contributed by atoms with Gasteiger partial charge in [-0.1, -0.05) is 23.4 Å². The van der Waals surface area contributed by atoms with Crippen LogP contribution in [0.25, 0.3) is 0 Å². The van der Waals surface area contributed by atoms with E-state index in [4.69, 9.17) is 11.6 Å². The van der Waals surface area contributed by atoms with Crippen LogP contribution in [0.5, 0.6) is 0 Å². The van der Waals surface area contributed by atoms with Gasteiger partial charge in [0.15, 0.2) is 5.17 Å². The van der Waals surface area contributed by atoms with E-state index in [0.717, 1.165) is 15.9 Å². The van der Waals surface area contributed by atoms with Crippen molar-refractivity contribution in [2.45, 2.75) is 19.5 Å². The first kappa shape index (κ1) is 11.8. The van der Waals surface area contributed by atoms with Crippen molar-refractivity contribution in [3.8, 4) is 0 Å². The highest BCUT2D eigenvalue weighted by Gasteiger charge is 2.30. The maximum Gasteiger partial charge on any atom is 0.180 e. The Labute approximate surface area is 105 Å². The number of nitrogens with zero attached hydrogens (tertiary/aromatic N) is 2. The lowest BCUT2D eigenvalue weighted by molar-refractivity contribution is 0.448. The molecule has 86 valence electrons. The summed E-state index contributed by atoms with van der Waals surface area (Å²) in [5, 5.41) is 3.69. The minimum absolute atomic E-state index is 0.252. The number of anilines is 1. The number of hydrogen-bond acceptors (Lipinski definition) is 4. The Morgan fingerprint density at radius 1 is 1.31 bits per heavy atom. The molecule has 0 saturated carbocycles. The third-order valence-electron chi connectivity index (χ3n) is 2.22. The van der Waals surface area contributed by atoms with Gasteiger partial charge in [0.05, 0.1) is 5.69 Å². The fraction of sp³-hybridized carbons (Fsp3) is 0.364. The fourth-order valence-corrected chi connectivity index (χ4v) is 2.32. The van der Waals surface area contributed by atoms with Crippen LogP contribution in [-0.2, 0) is 0 Å². The highest BCUT2D eigenvalue weighted by molar-refractivity contribution is 8.13. The Morgan fingerprint density at radius 2 is 1.94 bits per heavy atom. The van der Waals surface area contributed by atoms with Gasteiger partial charge in [-0.05, 0) is 44.4 Å². The molecule has 2 rings (SSSR count). The Morgan fingerprint density at radius 3 is 2.50 bits per heavy atom. The second-order valence-corrected chi connectivity index (χ2v) is 5.29. The van der Waals surface area contributed by atoms with Gasteiger partial charge in [-0.2, -0.15) is 0 Å². The Kier molecular flexibility index (Phi) is 3.15. The smallest absolute Gasteiger partial charge is 0.180 e. The van der Waals surface area contributed by atoms with E-state index in [0.29, 0.717) is 0 Å². The lowest BCUT2D eigenvalue weighted by Gasteiger charge is -2.23. The highest BCUT2D eigenvalue weighted by Crippen LogP contribution is 2.26. The molecule has 0 aromatic heterocycles. The highest BCUT2D eigenvalue weighted by atomic mass is 35.5. The quantitative estimate of drug-likeness (QED) is 0.836. The largest absolute Gasteiger partial charge is 0.252 e. The van der Waals surface area contributed by atoms with Gasteiger partial charge in [-0.15, -0.1) is 0 Å². The lowest BCUT2D eigenvalue weighted by Crippen LogP contribution is -2.44. The Hall–Kier alpha value is -0.710. The molecule has 1 aliphatic rings. The summed E-state index contributed by atoms with van der Waals surface area (Å²) in [6.45, 7) is 4.08. The molecule has 0 atom stereocenters. The first-order valence-electron chi connectivity index (χ1n) is 4.99. The van der Waals surface area contributed by atoms with Crippen molar-refractivity contribution in [1.82, 2.24) is 5.43 Å². The third-order valence-corrected chi connectivity index (χ3v) is 3.11. The minimum Gasteiger partial charge on any atom is -0.252 e. The van der Waals surface area contributed by atoms with Crippen LogP contribution >= 0.6 is 23.4 Å². The summed E-state index contributed by atoms with van der Waals surface area (Å²) < 4.78 is 0. The first-order valence-corrected chi connectivity index (χ1v) is 6.59. The topological polar surface area (TPSA) is 27.6 Å². The van der Waals surface area contributed by atoms with Gasteiger partial charge >= 0.3 is 0 Å². The molecule has 0 aliphatic carbocycles. The summed E-state index contributed by atoms with van der Waals surface area (Å²) in [6.07, 6.45) is 2.02. The van der Waals surface area contributed by atoms with Crippen molar-refractivity contribution in [2.24, 2.45) is 4.99 Å². The van der Waals surface area contributed by atoms with Crippen molar-refractivity contribution in [3.05, 3.63) is 29.3 Å². The number of thioether (sulfide) groups is 1. The van der Waals surface area contributed by atoms with Crippen LogP contribution in [0.15, 0.2) is 29.3 Å². The molecule has 0 fully saturated rings. The standard InChI is InChI=1S/C11H14ClN3S/c1-11(2)13-10(16-3)15(14-11)9-6-4-8(12)5-7-9/h4-7,14H,1-3H3.